The average molecular weight is 464 g/mol. The average Bonchev–Trinajstić information content (AvgIpc) is 3.19. The number of amides is 2. The molecule has 1 aromatic heterocycles. The highest BCUT2D eigenvalue weighted by Crippen LogP contribution is 2.37. The van der Waals surface area contributed by atoms with Crippen LogP contribution in [0.5, 0.6) is 11.5 Å². The van der Waals surface area contributed by atoms with Gasteiger partial charge >= 0.3 is 0 Å². The van der Waals surface area contributed by atoms with Crippen molar-refractivity contribution < 1.29 is 19.1 Å². The van der Waals surface area contributed by atoms with Gasteiger partial charge in [0, 0.05) is 23.0 Å². The number of carbonyl (C=O) groups excluding carboxylic acids is 2. The number of hydrogen-bond donors (Lipinski definition) is 1. The third-order valence-electron chi connectivity index (χ3n) is 6.65. The number of methoxy groups -OCH3 is 2. The van der Waals surface area contributed by atoms with Crippen LogP contribution < -0.4 is 14.8 Å². The smallest absolute Gasteiger partial charge is 0.271 e. The summed E-state index contributed by atoms with van der Waals surface area (Å²) in [6.07, 6.45) is 0.872. The summed E-state index contributed by atoms with van der Waals surface area (Å²) in [5.74, 6) is 1.27. The Bertz CT molecular complexity index is 1220. The van der Waals surface area contributed by atoms with Gasteiger partial charge in [0.2, 0.25) is 5.91 Å². The highest BCUT2D eigenvalue weighted by Gasteiger charge is 2.47. The van der Waals surface area contributed by atoms with Gasteiger partial charge in [0.15, 0.2) is 11.5 Å². The number of benzene rings is 2. The summed E-state index contributed by atoms with van der Waals surface area (Å²) in [7, 11) is 3.16. The normalized spacial score (nSPS) is 17.7. The fourth-order valence-corrected chi connectivity index (χ4v) is 4.67. The Kier molecular flexibility index (Phi) is 6.55. The van der Waals surface area contributed by atoms with Gasteiger partial charge in [0.05, 0.1) is 27.3 Å². The molecule has 0 saturated carbocycles. The van der Waals surface area contributed by atoms with Crippen molar-refractivity contribution in [2.45, 2.75) is 45.8 Å². The molecule has 0 bridgehead atoms. The van der Waals surface area contributed by atoms with E-state index < -0.39 is 5.54 Å². The first-order chi connectivity index (χ1) is 16.3. The number of para-hydroxylation sites is 2. The molecule has 4 rings (SSSR count). The van der Waals surface area contributed by atoms with E-state index in [4.69, 9.17) is 9.47 Å². The molecule has 1 N–H and O–H groups in total. The van der Waals surface area contributed by atoms with E-state index in [2.05, 4.69) is 19.2 Å². The van der Waals surface area contributed by atoms with Crippen LogP contribution in [0.25, 0.3) is 10.9 Å². The minimum atomic E-state index is -1.09. The first kappa shape index (κ1) is 23.7. The summed E-state index contributed by atoms with van der Waals surface area (Å²) in [5, 5.41) is 4.06. The third-order valence-corrected chi connectivity index (χ3v) is 6.65. The van der Waals surface area contributed by atoms with E-state index in [9.17, 15) is 9.59 Å². The largest absolute Gasteiger partial charge is 0.493 e. The molecule has 7 nitrogen and oxygen atoms in total. The Labute approximate surface area is 200 Å². The van der Waals surface area contributed by atoms with Crippen LogP contribution in [-0.4, -0.2) is 47.6 Å². The van der Waals surface area contributed by atoms with Crippen LogP contribution >= 0.6 is 0 Å². The molecule has 0 aliphatic carbocycles. The zero-order valence-corrected chi connectivity index (χ0v) is 20.6. The van der Waals surface area contributed by atoms with Gasteiger partial charge in [-0.25, -0.2) is 0 Å². The van der Waals surface area contributed by atoms with Gasteiger partial charge in [0.1, 0.15) is 11.2 Å². The van der Waals surface area contributed by atoms with Crippen molar-refractivity contribution in [2.24, 2.45) is 5.92 Å². The standard InChI is InChI=1S/C27H33N3O4/c1-18(2)13-14-28-26(32)27(3)17-29-21-11-7-6-9-19(21)15-22(29)25(31)30(27)16-20-10-8-12-23(33-4)24(20)34-5/h6-12,15,18H,13-14,16-17H2,1-5H3,(H,28,32)/t27-/m1/s1. The Hall–Kier alpha value is -3.48. The Morgan fingerprint density at radius 3 is 2.59 bits per heavy atom. The van der Waals surface area contributed by atoms with Crippen molar-refractivity contribution in [3.8, 4) is 11.5 Å². The lowest BCUT2D eigenvalue weighted by atomic mass is 9.93. The van der Waals surface area contributed by atoms with Gasteiger partial charge in [-0.1, -0.05) is 44.2 Å². The molecule has 2 amide bonds. The van der Waals surface area contributed by atoms with Crippen LogP contribution in [0, 0.1) is 5.92 Å². The SMILES string of the molecule is COc1cccc(CN2C(=O)c3cc4ccccc4n3C[C@]2(C)C(=O)NCCC(C)C)c1OC. The maximum atomic E-state index is 13.9. The number of rotatable bonds is 8. The first-order valence-electron chi connectivity index (χ1n) is 11.7. The Morgan fingerprint density at radius 2 is 1.88 bits per heavy atom. The van der Waals surface area contributed by atoms with Gasteiger partial charge in [-0.15, -0.1) is 0 Å². The maximum Gasteiger partial charge on any atom is 0.271 e. The van der Waals surface area contributed by atoms with Crippen LogP contribution in [0.4, 0.5) is 0 Å². The van der Waals surface area contributed by atoms with Crippen molar-refractivity contribution in [3.63, 3.8) is 0 Å². The summed E-state index contributed by atoms with van der Waals surface area (Å²) < 4.78 is 13.0. The summed E-state index contributed by atoms with van der Waals surface area (Å²) in [5.41, 5.74) is 1.22. The van der Waals surface area contributed by atoms with Crippen LogP contribution in [-0.2, 0) is 17.9 Å². The highest BCUT2D eigenvalue weighted by molar-refractivity contribution is 6.03. The monoisotopic (exact) mass is 463 g/mol. The molecule has 2 aromatic carbocycles. The van der Waals surface area contributed by atoms with E-state index in [1.54, 1.807) is 19.1 Å². The molecule has 1 aliphatic heterocycles. The molecule has 3 aromatic rings. The predicted octanol–water partition coefficient (Wildman–Crippen LogP) is 4.24. The molecule has 0 fully saturated rings. The number of hydrogen-bond acceptors (Lipinski definition) is 4. The minimum Gasteiger partial charge on any atom is -0.493 e. The maximum absolute atomic E-state index is 13.9. The second kappa shape index (κ2) is 9.41. The zero-order chi connectivity index (χ0) is 24.5. The van der Waals surface area contributed by atoms with Crippen LogP contribution in [0.3, 0.4) is 0 Å². The van der Waals surface area contributed by atoms with E-state index >= 15 is 0 Å². The molecule has 0 spiro atoms. The number of aromatic nitrogens is 1. The molecule has 0 saturated heterocycles. The van der Waals surface area contributed by atoms with Gasteiger partial charge in [-0.05, 0) is 37.5 Å². The zero-order valence-electron chi connectivity index (χ0n) is 20.6. The minimum absolute atomic E-state index is 0.160. The van der Waals surface area contributed by atoms with Crippen molar-refractivity contribution in [2.75, 3.05) is 20.8 Å². The summed E-state index contributed by atoms with van der Waals surface area (Å²) in [6, 6.07) is 15.4. The Balaban J connectivity index is 1.78. The van der Waals surface area contributed by atoms with Crippen LogP contribution in [0.2, 0.25) is 0 Å². The van der Waals surface area contributed by atoms with Crippen molar-refractivity contribution in [1.29, 1.82) is 0 Å². The van der Waals surface area contributed by atoms with Crippen molar-refractivity contribution in [1.82, 2.24) is 14.8 Å². The van der Waals surface area contributed by atoms with Gasteiger partial charge in [-0.3, -0.25) is 9.59 Å². The van der Waals surface area contributed by atoms with Crippen LogP contribution in [0.15, 0.2) is 48.5 Å². The lowest BCUT2D eigenvalue weighted by molar-refractivity contribution is -0.133. The molecule has 1 aliphatic rings. The number of nitrogens with one attached hydrogen (secondary N) is 1. The summed E-state index contributed by atoms with van der Waals surface area (Å²) in [4.78, 5) is 29.2. The van der Waals surface area contributed by atoms with Crippen LogP contribution in [0.1, 0.15) is 43.2 Å². The van der Waals surface area contributed by atoms with Gasteiger partial charge < -0.3 is 24.3 Å². The number of carbonyl (C=O) groups is 2. The molecule has 0 radical (unpaired) electrons. The first-order valence-corrected chi connectivity index (χ1v) is 11.7. The van der Waals surface area contributed by atoms with E-state index in [1.807, 2.05) is 60.0 Å². The van der Waals surface area contributed by atoms with Gasteiger partial charge in [-0.2, -0.15) is 0 Å². The summed E-state index contributed by atoms with van der Waals surface area (Å²) in [6.45, 7) is 7.24. The molecule has 7 heteroatoms. The van der Waals surface area contributed by atoms with Crippen molar-refractivity contribution >= 4 is 22.7 Å². The van der Waals surface area contributed by atoms with E-state index in [0.29, 0.717) is 36.2 Å². The van der Waals surface area contributed by atoms with Crippen molar-refractivity contribution in [3.05, 3.63) is 59.8 Å². The molecule has 2 heterocycles. The Morgan fingerprint density at radius 1 is 1.12 bits per heavy atom. The number of nitrogens with zero attached hydrogens (tertiary/aromatic N) is 2. The molecule has 0 unspecified atom stereocenters. The van der Waals surface area contributed by atoms with E-state index in [1.165, 1.54) is 0 Å². The summed E-state index contributed by atoms with van der Waals surface area (Å²) >= 11 is 0. The third kappa shape index (κ3) is 4.11. The molecule has 34 heavy (non-hydrogen) atoms. The molecule has 180 valence electrons. The number of fused-ring (bicyclic) bond motifs is 3. The molecular weight excluding hydrogens is 430 g/mol. The topological polar surface area (TPSA) is 72.8 Å². The fourth-order valence-electron chi connectivity index (χ4n) is 4.67. The van der Waals surface area contributed by atoms with Gasteiger partial charge in [0.25, 0.3) is 5.91 Å². The molecule has 1 atom stereocenters. The predicted molar refractivity (Wildman–Crippen MR) is 132 cm³/mol. The second-order valence-electron chi connectivity index (χ2n) is 9.43. The lowest BCUT2D eigenvalue weighted by Crippen LogP contribution is -2.63. The van der Waals surface area contributed by atoms with E-state index in [0.717, 1.165) is 22.9 Å². The highest BCUT2D eigenvalue weighted by atomic mass is 16.5. The quantitative estimate of drug-likeness (QED) is 0.543. The lowest BCUT2D eigenvalue weighted by Gasteiger charge is -2.44. The number of ether oxygens (including phenoxy) is 2. The van der Waals surface area contributed by atoms with E-state index in [-0.39, 0.29) is 18.4 Å². The second-order valence-corrected chi connectivity index (χ2v) is 9.43. The fraction of sp³-hybridized carbons (Fsp3) is 0.407. The molecular formula is C27H33N3O4.